The van der Waals surface area contributed by atoms with Crippen LogP contribution in [0.4, 0.5) is 0 Å². The van der Waals surface area contributed by atoms with Gasteiger partial charge in [0.25, 0.3) is 0 Å². The molecule has 0 unspecified atom stereocenters. The van der Waals surface area contributed by atoms with Gasteiger partial charge in [0.05, 0.1) is 7.11 Å². The van der Waals surface area contributed by atoms with E-state index in [1.54, 1.807) is 7.11 Å². The maximum Gasteiger partial charge on any atom is 0.212 e. The lowest BCUT2D eigenvalue weighted by atomic mass is 9.97. The topological polar surface area (TPSA) is 55.5 Å². The van der Waals surface area contributed by atoms with Crippen molar-refractivity contribution in [2.45, 2.75) is 25.3 Å². The van der Waals surface area contributed by atoms with Crippen LogP contribution >= 0.6 is 0 Å². The highest BCUT2D eigenvalue weighted by atomic mass is 16.5. The molecule has 1 aliphatic rings. The lowest BCUT2D eigenvalue weighted by Crippen LogP contribution is -2.34. The van der Waals surface area contributed by atoms with Crippen LogP contribution < -0.4 is 4.74 Å². The van der Waals surface area contributed by atoms with Crippen LogP contribution in [0, 0.1) is 0 Å². The second kappa shape index (κ2) is 6.57. The van der Waals surface area contributed by atoms with E-state index in [4.69, 9.17) is 4.74 Å². The van der Waals surface area contributed by atoms with Crippen LogP contribution in [-0.4, -0.2) is 44.7 Å². The molecule has 6 nitrogen and oxygen atoms in total. The maximum atomic E-state index is 5.12. The summed E-state index contributed by atoms with van der Waals surface area (Å²) < 4.78 is 7.24. The zero-order valence-corrected chi connectivity index (χ0v) is 13.8. The zero-order chi connectivity index (χ0) is 16.4. The van der Waals surface area contributed by atoms with E-state index in [0.717, 1.165) is 37.5 Å². The summed E-state index contributed by atoms with van der Waals surface area (Å²) in [6.45, 7) is 3.02. The first-order valence-electron chi connectivity index (χ1n) is 8.34. The predicted octanol–water partition coefficient (Wildman–Crippen LogP) is 2.51. The van der Waals surface area contributed by atoms with Crippen LogP contribution in [0.5, 0.6) is 5.88 Å². The molecule has 1 fully saturated rings. The number of hydrogen-bond donors (Lipinski definition) is 0. The molecule has 3 aromatic rings. The van der Waals surface area contributed by atoms with E-state index in [1.165, 1.54) is 12.0 Å². The van der Waals surface area contributed by atoms with E-state index in [1.807, 2.05) is 30.5 Å². The van der Waals surface area contributed by atoms with Gasteiger partial charge in [-0.3, -0.25) is 9.30 Å². The Hall–Kier alpha value is -2.47. The Morgan fingerprint density at radius 2 is 2.17 bits per heavy atom. The van der Waals surface area contributed by atoms with E-state index in [9.17, 15) is 0 Å². The van der Waals surface area contributed by atoms with Gasteiger partial charge in [0.15, 0.2) is 5.65 Å². The summed E-state index contributed by atoms with van der Waals surface area (Å²) in [5.74, 6) is 2.15. The summed E-state index contributed by atoms with van der Waals surface area (Å²) in [4.78, 5) is 6.77. The molecule has 6 heteroatoms. The predicted molar refractivity (Wildman–Crippen MR) is 91.0 cm³/mol. The highest BCUT2D eigenvalue weighted by molar-refractivity contribution is 5.37. The summed E-state index contributed by atoms with van der Waals surface area (Å²) in [7, 11) is 1.64. The number of aromatic nitrogens is 4. The van der Waals surface area contributed by atoms with Gasteiger partial charge in [-0.1, -0.05) is 12.1 Å². The second-order valence-corrected chi connectivity index (χ2v) is 6.27. The first-order chi connectivity index (χ1) is 11.8. The van der Waals surface area contributed by atoms with Crippen LogP contribution in [0.3, 0.4) is 0 Å². The molecule has 24 heavy (non-hydrogen) atoms. The van der Waals surface area contributed by atoms with Crippen LogP contribution in [0.25, 0.3) is 5.65 Å². The van der Waals surface area contributed by atoms with Gasteiger partial charge in [0.1, 0.15) is 5.82 Å². The summed E-state index contributed by atoms with van der Waals surface area (Å²) in [5.41, 5.74) is 2.13. The first-order valence-corrected chi connectivity index (χ1v) is 8.34. The number of methoxy groups -OCH3 is 1. The molecular formula is C18H21N5O. The molecule has 4 heterocycles. The van der Waals surface area contributed by atoms with Crippen molar-refractivity contribution in [2.24, 2.45) is 0 Å². The van der Waals surface area contributed by atoms with Crippen molar-refractivity contribution in [3.8, 4) is 5.88 Å². The van der Waals surface area contributed by atoms with Crippen molar-refractivity contribution in [3.05, 3.63) is 54.1 Å². The zero-order valence-electron chi connectivity index (χ0n) is 13.8. The van der Waals surface area contributed by atoms with Gasteiger partial charge in [0.2, 0.25) is 5.88 Å². The van der Waals surface area contributed by atoms with E-state index < -0.39 is 0 Å². The smallest absolute Gasteiger partial charge is 0.212 e. The Morgan fingerprint density at radius 3 is 3.00 bits per heavy atom. The van der Waals surface area contributed by atoms with E-state index >= 15 is 0 Å². The van der Waals surface area contributed by atoms with E-state index in [-0.39, 0.29) is 0 Å². The lowest BCUT2D eigenvalue weighted by molar-refractivity contribution is 0.196. The van der Waals surface area contributed by atoms with E-state index in [2.05, 4.69) is 36.7 Å². The number of pyridine rings is 2. The number of piperidine rings is 1. The van der Waals surface area contributed by atoms with Crippen LogP contribution in [-0.2, 0) is 6.54 Å². The fourth-order valence-electron chi connectivity index (χ4n) is 3.43. The van der Waals surface area contributed by atoms with Gasteiger partial charge >= 0.3 is 0 Å². The van der Waals surface area contributed by atoms with Crippen LogP contribution in [0.15, 0.2) is 42.7 Å². The minimum absolute atomic E-state index is 0.419. The Morgan fingerprint density at radius 1 is 1.21 bits per heavy atom. The molecule has 0 aromatic carbocycles. The largest absolute Gasteiger partial charge is 0.481 e. The molecule has 1 aliphatic heterocycles. The molecule has 0 aliphatic carbocycles. The minimum atomic E-state index is 0.419. The molecular weight excluding hydrogens is 302 g/mol. The number of rotatable bonds is 4. The number of likely N-dealkylation sites (tertiary alicyclic amines) is 1. The summed E-state index contributed by atoms with van der Waals surface area (Å²) in [5, 5.41) is 8.73. The summed E-state index contributed by atoms with van der Waals surface area (Å²) >= 11 is 0. The Bertz CT molecular complexity index is 814. The minimum Gasteiger partial charge on any atom is -0.481 e. The molecule has 0 saturated carbocycles. The highest BCUT2D eigenvalue weighted by Crippen LogP contribution is 2.27. The van der Waals surface area contributed by atoms with Crippen molar-refractivity contribution in [1.82, 2.24) is 24.5 Å². The lowest BCUT2D eigenvalue weighted by Gasteiger charge is -2.31. The molecule has 1 saturated heterocycles. The van der Waals surface area contributed by atoms with Gasteiger partial charge in [-0.05, 0) is 37.1 Å². The fraction of sp³-hybridized carbons (Fsp3) is 0.389. The molecule has 0 bridgehead atoms. The van der Waals surface area contributed by atoms with Gasteiger partial charge in [-0.15, -0.1) is 10.2 Å². The van der Waals surface area contributed by atoms with Crippen molar-refractivity contribution >= 4 is 5.65 Å². The van der Waals surface area contributed by atoms with Crippen molar-refractivity contribution in [3.63, 3.8) is 0 Å². The SMILES string of the molecule is COc1ccc(CN2CCC[C@@H](c3nnc4ccccn34)C2)cn1. The number of ether oxygens (including phenoxy) is 1. The third kappa shape index (κ3) is 2.97. The van der Waals surface area contributed by atoms with Crippen LogP contribution in [0.2, 0.25) is 0 Å². The first kappa shape index (κ1) is 15.1. The Balaban J connectivity index is 1.49. The number of hydrogen-bond acceptors (Lipinski definition) is 5. The van der Waals surface area contributed by atoms with Crippen molar-refractivity contribution < 1.29 is 4.74 Å². The Kier molecular flexibility index (Phi) is 4.13. The van der Waals surface area contributed by atoms with Crippen molar-refractivity contribution in [1.29, 1.82) is 0 Å². The molecule has 0 amide bonds. The van der Waals surface area contributed by atoms with Gasteiger partial charge in [0, 0.05) is 37.5 Å². The quantitative estimate of drug-likeness (QED) is 0.738. The number of fused-ring (bicyclic) bond motifs is 1. The number of nitrogens with zero attached hydrogens (tertiary/aromatic N) is 5. The molecule has 124 valence electrons. The average molecular weight is 323 g/mol. The van der Waals surface area contributed by atoms with Crippen LogP contribution in [0.1, 0.15) is 30.1 Å². The monoisotopic (exact) mass is 323 g/mol. The molecule has 0 N–H and O–H groups in total. The third-order valence-electron chi connectivity index (χ3n) is 4.62. The second-order valence-electron chi connectivity index (χ2n) is 6.27. The van der Waals surface area contributed by atoms with Gasteiger partial charge in [-0.2, -0.15) is 0 Å². The normalized spacial score (nSPS) is 18.8. The molecule has 4 rings (SSSR count). The third-order valence-corrected chi connectivity index (χ3v) is 4.62. The molecule has 1 atom stereocenters. The Labute approximate surface area is 141 Å². The summed E-state index contributed by atoms with van der Waals surface area (Å²) in [6, 6.07) is 10.0. The van der Waals surface area contributed by atoms with Gasteiger partial charge in [-0.25, -0.2) is 4.98 Å². The fourth-order valence-corrected chi connectivity index (χ4v) is 3.43. The molecule has 0 spiro atoms. The van der Waals surface area contributed by atoms with Gasteiger partial charge < -0.3 is 4.74 Å². The molecule has 0 radical (unpaired) electrons. The standard InChI is InChI=1S/C18H21N5O/c1-24-17-8-7-14(11-19-17)12-22-9-4-5-15(13-22)18-21-20-16-6-2-3-10-23(16)18/h2-3,6-8,10-11,15H,4-5,9,12-13H2,1H3/t15-/m1/s1. The maximum absolute atomic E-state index is 5.12. The summed E-state index contributed by atoms with van der Waals surface area (Å²) in [6.07, 6.45) is 6.29. The van der Waals surface area contributed by atoms with Crippen molar-refractivity contribution in [2.75, 3.05) is 20.2 Å². The van der Waals surface area contributed by atoms with E-state index in [0.29, 0.717) is 11.8 Å². The molecule has 3 aromatic heterocycles. The highest BCUT2D eigenvalue weighted by Gasteiger charge is 2.25. The average Bonchev–Trinajstić information content (AvgIpc) is 3.07.